The molecule has 1 spiro atoms. The van der Waals surface area contributed by atoms with E-state index in [1.54, 1.807) is 38.9 Å². The van der Waals surface area contributed by atoms with E-state index < -0.39 is 5.54 Å². The maximum absolute atomic E-state index is 12.7. The molecule has 2 aliphatic heterocycles. The molecule has 2 aliphatic rings. The number of likely N-dealkylation sites (tertiary alicyclic amines) is 1. The van der Waals surface area contributed by atoms with Crippen LogP contribution in [-0.2, 0) is 4.79 Å². The van der Waals surface area contributed by atoms with Crippen molar-refractivity contribution in [3.8, 4) is 0 Å². The molecule has 2 fully saturated rings. The highest BCUT2D eigenvalue weighted by Crippen LogP contribution is 2.33. The van der Waals surface area contributed by atoms with Gasteiger partial charge in [0.1, 0.15) is 11.2 Å². The Hall–Kier alpha value is -2.97. The van der Waals surface area contributed by atoms with E-state index in [1.165, 1.54) is 0 Å². The second-order valence-corrected chi connectivity index (χ2v) is 6.28. The molecule has 0 aliphatic carbocycles. The van der Waals surface area contributed by atoms with E-state index in [2.05, 4.69) is 15.3 Å². The first-order valence-corrected chi connectivity index (χ1v) is 8.27. The quantitative estimate of drug-likeness (QED) is 0.790. The van der Waals surface area contributed by atoms with Crippen molar-refractivity contribution in [2.24, 2.45) is 0 Å². The zero-order valence-electron chi connectivity index (χ0n) is 13.8. The fraction of sp³-hybridized carbons (Fsp3) is 0.438. The number of imidazole rings is 1. The molecular weight excluding hydrogens is 324 g/mol. The molecule has 1 N–H and O–H groups in total. The monoisotopic (exact) mass is 342 g/mol. The van der Waals surface area contributed by atoms with Crippen LogP contribution in [0.1, 0.15) is 30.3 Å². The third kappa shape index (κ3) is 2.26. The Kier molecular flexibility index (Phi) is 3.45. The zero-order valence-corrected chi connectivity index (χ0v) is 13.8. The number of hydrogen-bond donors (Lipinski definition) is 1. The third-order valence-corrected chi connectivity index (χ3v) is 5.05. The summed E-state index contributed by atoms with van der Waals surface area (Å²) in [5.74, 6) is 0.0220. The van der Waals surface area contributed by atoms with Crippen molar-refractivity contribution < 1.29 is 14.4 Å². The lowest BCUT2D eigenvalue weighted by Gasteiger charge is -2.41. The number of aromatic nitrogens is 3. The number of amides is 4. The Morgan fingerprint density at radius 1 is 1.32 bits per heavy atom. The summed E-state index contributed by atoms with van der Waals surface area (Å²) in [4.78, 5) is 48.5. The first-order valence-electron chi connectivity index (χ1n) is 8.27. The van der Waals surface area contributed by atoms with Crippen LogP contribution in [0.25, 0.3) is 5.78 Å². The van der Waals surface area contributed by atoms with Crippen molar-refractivity contribution in [2.75, 3.05) is 19.6 Å². The summed E-state index contributed by atoms with van der Waals surface area (Å²) in [5.41, 5.74) is -0.503. The molecule has 4 rings (SSSR count). The van der Waals surface area contributed by atoms with Gasteiger partial charge in [-0.2, -0.15) is 0 Å². The predicted octanol–water partition coefficient (Wildman–Crippen LogP) is 0.276. The zero-order chi connectivity index (χ0) is 17.6. The minimum Gasteiger partial charge on any atom is -0.337 e. The Bertz CT molecular complexity index is 835. The minimum atomic E-state index is -0.830. The molecule has 2 aromatic rings. The standard InChI is InChI=1S/C16H18N6O3/c1-2-22-15(25)19-13(24)16(22)4-8-20(9-5-16)12(23)11-10-21-7-3-6-17-14(21)18-11/h3,6-7,10H,2,4-5,8-9H2,1H3,(H,19,24,25). The second-order valence-electron chi connectivity index (χ2n) is 6.28. The van der Waals surface area contributed by atoms with E-state index in [0.29, 0.717) is 43.9 Å². The molecule has 0 saturated carbocycles. The molecule has 25 heavy (non-hydrogen) atoms. The first-order chi connectivity index (χ1) is 12.0. The van der Waals surface area contributed by atoms with Crippen molar-refractivity contribution in [1.29, 1.82) is 0 Å². The average molecular weight is 342 g/mol. The first kappa shape index (κ1) is 15.6. The van der Waals surface area contributed by atoms with Gasteiger partial charge in [0.15, 0.2) is 0 Å². The summed E-state index contributed by atoms with van der Waals surface area (Å²) in [6, 6.07) is 1.42. The molecule has 0 atom stereocenters. The van der Waals surface area contributed by atoms with Crippen molar-refractivity contribution in [2.45, 2.75) is 25.3 Å². The van der Waals surface area contributed by atoms with Crippen molar-refractivity contribution in [3.63, 3.8) is 0 Å². The van der Waals surface area contributed by atoms with Crippen LogP contribution >= 0.6 is 0 Å². The van der Waals surface area contributed by atoms with Gasteiger partial charge in [0.2, 0.25) is 5.78 Å². The van der Waals surface area contributed by atoms with Gasteiger partial charge < -0.3 is 9.80 Å². The Morgan fingerprint density at radius 3 is 2.76 bits per heavy atom. The number of hydrogen-bond acceptors (Lipinski definition) is 5. The fourth-order valence-electron chi connectivity index (χ4n) is 3.72. The molecule has 4 heterocycles. The number of imide groups is 1. The van der Waals surface area contributed by atoms with Crippen LogP contribution < -0.4 is 5.32 Å². The summed E-state index contributed by atoms with van der Waals surface area (Å²) in [6.45, 7) is 3.11. The smallest absolute Gasteiger partial charge is 0.325 e. The Labute approximate surface area is 143 Å². The number of carbonyl (C=O) groups is 3. The van der Waals surface area contributed by atoms with Crippen LogP contribution in [0.3, 0.4) is 0 Å². The van der Waals surface area contributed by atoms with Gasteiger partial charge >= 0.3 is 6.03 Å². The number of piperidine rings is 1. The molecule has 0 radical (unpaired) electrons. The Balaban J connectivity index is 1.52. The topological polar surface area (TPSA) is 99.9 Å². The minimum absolute atomic E-state index is 0.187. The summed E-state index contributed by atoms with van der Waals surface area (Å²) in [7, 11) is 0. The number of nitrogens with one attached hydrogen (secondary N) is 1. The van der Waals surface area contributed by atoms with E-state index in [-0.39, 0.29) is 17.8 Å². The summed E-state index contributed by atoms with van der Waals surface area (Å²) < 4.78 is 1.70. The van der Waals surface area contributed by atoms with Gasteiger partial charge in [-0.05, 0) is 25.8 Å². The number of likely N-dealkylation sites (N-methyl/N-ethyl adjacent to an activating group) is 1. The van der Waals surface area contributed by atoms with Gasteiger partial charge in [-0.3, -0.25) is 19.3 Å². The Morgan fingerprint density at radius 2 is 2.08 bits per heavy atom. The number of fused-ring (bicyclic) bond motifs is 1. The average Bonchev–Trinajstić information content (AvgIpc) is 3.14. The van der Waals surface area contributed by atoms with Crippen LogP contribution in [-0.4, -0.2) is 67.2 Å². The van der Waals surface area contributed by atoms with Gasteiger partial charge in [0.25, 0.3) is 11.8 Å². The van der Waals surface area contributed by atoms with E-state index in [9.17, 15) is 14.4 Å². The lowest BCUT2D eigenvalue weighted by atomic mass is 9.86. The van der Waals surface area contributed by atoms with Crippen LogP contribution in [0.5, 0.6) is 0 Å². The molecule has 0 unspecified atom stereocenters. The second kappa shape index (κ2) is 5.54. The van der Waals surface area contributed by atoms with Gasteiger partial charge in [0.05, 0.1) is 0 Å². The van der Waals surface area contributed by atoms with E-state index in [1.807, 2.05) is 6.92 Å². The number of urea groups is 1. The lowest BCUT2D eigenvalue weighted by molar-refractivity contribution is -0.128. The number of nitrogens with zero attached hydrogens (tertiary/aromatic N) is 5. The van der Waals surface area contributed by atoms with Crippen molar-refractivity contribution in [1.82, 2.24) is 29.5 Å². The molecule has 2 aromatic heterocycles. The summed E-state index contributed by atoms with van der Waals surface area (Å²) >= 11 is 0. The molecule has 130 valence electrons. The molecule has 4 amide bonds. The van der Waals surface area contributed by atoms with E-state index in [4.69, 9.17) is 0 Å². The molecule has 0 bridgehead atoms. The van der Waals surface area contributed by atoms with Crippen LogP contribution in [0.15, 0.2) is 24.7 Å². The highest BCUT2D eigenvalue weighted by Gasteiger charge is 2.53. The van der Waals surface area contributed by atoms with Gasteiger partial charge in [-0.25, -0.2) is 14.8 Å². The largest absolute Gasteiger partial charge is 0.337 e. The number of carbonyl (C=O) groups excluding carboxylic acids is 3. The van der Waals surface area contributed by atoms with Crippen LogP contribution in [0.2, 0.25) is 0 Å². The van der Waals surface area contributed by atoms with Crippen molar-refractivity contribution >= 4 is 23.6 Å². The SMILES string of the molecule is CCN1C(=O)NC(=O)C12CCN(C(=O)c1cn3cccnc3n1)CC2. The highest BCUT2D eigenvalue weighted by molar-refractivity contribution is 6.07. The fourth-order valence-corrected chi connectivity index (χ4v) is 3.72. The third-order valence-electron chi connectivity index (χ3n) is 5.05. The van der Waals surface area contributed by atoms with Crippen molar-refractivity contribution in [3.05, 3.63) is 30.4 Å². The molecule has 9 nitrogen and oxygen atoms in total. The summed E-state index contributed by atoms with van der Waals surface area (Å²) in [5, 5.41) is 2.39. The molecular formula is C16H18N6O3. The maximum Gasteiger partial charge on any atom is 0.325 e. The molecule has 9 heteroatoms. The van der Waals surface area contributed by atoms with Gasteiger partial charge in [-0.1, -0.05) is 0 Å². The lowest BCUT2D eigenvalue weighted by Crippen LogP contribution is -2.57. The van der Waals surface area contributed by atoms with Gasteiger partial charge in [0, 0.05) is 38.2 Å². The summed E-state index contributed by atoms with van der Waals surface area (Å²) in [6.07, 6.45) is 5.91. The highest BCUT2D eigenvalue weighted by atomic mass is 16.2. The van der Waals surface area contributed by atoms with Crippen LogP contribution in [0, 0.1) is 0 Å². The maximum atomic E-state index is 12.7. The van der Waals surface area contributed by atoms with E-state index >= 15 is 0 Å². The van der Waals surface area contributed by atoms with Gasteiger partial charge in [-0.15, -0.1) is 0 Å². The van der Waals surface area contributed by atoms with Crippen LogP contribution in [0.4, 0.5) is 4.79 Å². The predicted molar refractivity (Wildman–Crippen MR) is 86.8 cm³/mol. The molecule has 0 aromatic carbocycles. The molecule has 2 saturated heterocycles. The number of rotatable bonds is 2. The van der Waals surface area contributed by atoms with E-state index in [0.717, 1.165) is 0 Å². The normalized spacial score (nSPS) is 19.7.